The zero-order valence-corrected chi connectivity index (χ0v) is 21.0. The molecule has 2 aromatic carbocycles. The van der Waals surface area contributed by atoms with Crippen LogP contribution in [0.25, 0.3) is 17.0 Å². The number of benzene rings is 2. The van der Waals surface area contributed by atoms with Crippen LogP contribution >= 0.6 is 0 Å². The van der Waals surface area contributed by atoms with Gasteiger partial charge in [0.1, 0.15) is 5.56 Å². The predicted octanol–water partition coefficient (Wildman–Crippen LogP) is 4.03. The Bertz CT molecular complexity index is 1550. The number of carbonyl (C=O) groups is 1. The van der Waals surface area contributed by atoms with E-state index in [1.807, 2.05) is 38.1 Å². The number of amides is 1. The molecule has 0 aliphatic carbocycles. The molecule has 4 rings (SSSR count). The van der Waals surface area contributed by atoms with Crippen LogP contribution in [0.5, 0.6) is 0 Å². The molecule has 0 bridgehead atoms. The average Bonchev–Trinajstić information content (AvgIpc) is 3.06. The van der Waals surface area contributed by atoms with Gasteiger partial charge in [-0.3, -0.25) is 14.3 Å². The summed E-state index contributed by atoms with van der Waals surface area (Å²) in [7, 11) is 1.64. The highest BCUT2D eigenvalue weighted by atomic mass is 19.2. The molecule has 1 amide bonds. The van der Waals surface area contributed by atoms with Gasteiger partial charge in [-0.1, -0.05) is 24.3 Å². The van der Waals surface area contributed by atoms with Crippen LogP contribution in [0.4, 0.5) is 14.7 Å². The molecule has 0 aliphatic rings. The third kappa shape index (κ3) is 5.74. The van der Waals surface area contributed by atoms with E-state index in [0.29, 0.717) is 17.2 Å². The first kappa shape index (κ1) is 25.7. The minimum Gasteiger partial charge on any atom is -0.352 e. The summed E-state index contributed by atoms with van der Waals surface area (Å²) in [5.74, 6) is -1.89. The average molecular weight is 507 g/mol. The number of halogens is 2. The van der Waals surface area contributed by atoms with Crippen molar-refractivity contribution < 1.29 is 13.6 Å². The zero-order valence-electron chi connectivity index (χ0n) is 21.0. The summed E-state index contributed by atoms with van der Waals surface area (Å²) in [6.45, 7) is 5.91. The number of aromatic nitrogens is 4. The second-order valence-electron chi connectivity index (χ2n) is 9.02. The lowest BCUT2D eigenvalue weighted by atomic mass is 10.1. The fourth-order valence-corrected chi connectivity index (χ4v) is 3.93. The summed E-state index contributed by atoms with van der Waals surface area (Å²) >= 11 is 0. The van der Waals surface area contributed by atoms with E-state index in [1.54, 1.807) is 26.2 Å². The second kappa shape index (κ2) is 10.7. The second-order valence-corrected chi connectivity index (χ2v) is 9.02. The van der Waals surface area contributed by atoms with Crippen LogP contribution in [-0.4, -0.2) is 37.8 Å². The van der Waals surface area contributed by atoms with Crippen molar-refractivity contribution >= 4 is 28.8 Å². The van der Waals surface area contributed by atoms with Gasteiger partial charge < -0.3 is 10.6 Å². The van der Waals surface area contributed by atoms with Crippen LogP contribution in [-0.2, 0) is 13.6 Å². The Morgan fingerprint density at radius 1 is 1.14 bits per heavy atom. The number of fused-ring (bicyclic) bond motifs is 1. The lowest BCUT2D eigenvalue weighted by Gasteiger charge is -2.08. The Morgan fingerprint density at radius 2 is 1.92 bits per heavy atom. The maximum atomic E-state index is 13.6. The first-order valence-electron chi connectivity index (χ1n) is 11.8. The van der Waals surface area contributed by atoms with Crippen molar-refractivity contribution in [3.8, 4) is 0 Å². The molecule has 2 N–H and O–H groups in total. The third-order valence-corrected chi connectivity index (χ3v) is 5.91. The van der Waals surface area contributed by atoms with E-state index in [1.165, 1.54) is 15.4 Å². The van der Waals surface area contributed by atoms with Gasteiger partial charge in [-0.25, -0.2) is 23.4 Å². The molecule has 37 heavy (non-hydrogen) atoms. The maximum Gasteiger partial charge on any atom is 0.280 e. The van der Waals surface area contributed by atoms with E-state index in [4.69, 9.17) is 0 Å². The van der Waals surface area contributed by atoms with Crippen molar-refractivity contribution in [2.24, 2.45) is 7.05 Å². The number of rotatable bonds is 8. The molecule has 0 fully saturated rings. The normalized spacial score (nSPS) is 11.5. The van der Waals surface area contributed by atoms with Gasteiger partial charge in [0.05, 0.1) is 12.1 Å². The fourth-order valence-electron chi connectivity index (χ4n) is 3.93. The Hall–Kier alpha value is -4.34. The summed E-state index contributed by atoms with van der Waals surface area (Å²) in [5, 5.41) is 6.81. The van der Waals surface area contributed by atoms with Crippen molar-refractivity contribution in [3.63, 3.8) is 0 Å². The standard InChI is InChI=1S/C27H28F2N6O2/c1-16(2)32-27-31-14-20-12-18(8-10-23(20)33-27)6-5-11-30-25(36)24-17(3)34(4)35(26(24)37)15-19-7-9-21(28)22(29)13-19/h5-10,12-14,16H,11,15H2,1-4H3,(H,30,36)(H,31,32,33). The van der Waals surface area contributed by atoms with Gasteiger partial charge in [0, 0.05) is 36.9 Å². The molecule has 0 aliphatic heterocycles. The van der Waals surface area contributed by atoms with Crippen LogP contribution < -0.4 is 16.2 Å². The molecule has 0 unspecified atom stereocenters. The summed E-state index contributed by atoms with van der Waals surface area (Å²) in [6, 6.07) is 9.46. The zero-order chi connectivity index (χ0) is 26.7. The van der Waals surface area contributed by atoms with E-state index in [0.717, 1.165) is 28.6 Å². The molecule has 4 aromatic rings. The number of anilines is 1. The van der Waals surface area contributed by atoms with Crippen molar-refractivity contribution in [3.05, 3.63) is 93.0 Å². The van der Waals surface area contributed by atoms with Gasteiger partial charge in [0.25, 0.3) is 11.5 Å². The van der Waals surface area contributed by atoms with E-state index < -0.39 is 23.1 Å². The van der Waals surface area contributed by atoms with Crippen LogP contribution in [0.2, 0.25) is 0 Å². The number of nitrogens with zero attached hydrogens (tertiary/aromatic N) is 4. The largest absolute Gasteiger partial charge is 0.352 e. The summed E-state index contributed by atoms with van der Waals surface area (Å²) in [4.78, 5) is 34.6. The van der Waals surface area contributed by atoms with Gasteiger partial charge in [0.2, 0.25) is 5.95 Å². The van der Waals surface area contributed by atoms with Crippen LogP contribution in [0.1, 0.15) is 41.0 Å². The molecular formula is C27H28F2N6O2. The minimum absolute atomic E-state index is 0.00125. The smallest absolute Gasteiger partial charge is 0.280 e. The molecule has 0 radical (unpaired) electrons. The SMILES string of the molecule is Cc1c(C(=O)NCC=Cc2ccc3nc(NC(C)C)ncc3c2)c(=O)n(Cc2ccc(F)c(F)c2)n1C. The van der Waals surface area contributed by atoms with Gasteiger partial charge in [-0.2, -0.15) is 0 Å². The lowest BCUT2D eigenvalue weighted by Crippen LogP contribution is -2.31. The molecule has 0 atom stereocenters. The first-order chi connectivity index (χ1) is 17.6. The number of hydrogen-bond donors (Lipinski definition) is 2. The van der Waals surface area contributed by atoms with E-state index in [9.17, 15) is 18.4 Å². The number of nitrogens with one attached hydrogen (secondary N) is 2. The predicted molar refractivity (Wildman–Crippen MR) is 140 cm³/mol. The maximum absolute atomic E-state index is 13.6. The lowest BCUT2D eigenvalue weighted by molar-refractivity contribution is 0.0956. The highest BCUT2D eigenvalue weighted by Gasteiger charge is 2.21. The van der Waals surface area contributed by atoms with Gasteiger partial charge in [0.15, 0.2) is 11.6 Å². The van der Waals surface area contributed by atoms with Crippen molar-refractivity contribution in [2.45, 2.75) is 33.4 Å². The van der Waals surface area contributed by atoms with Crippen LogP contribution in [0.15, 0.2) is 53.5 Å². The molecule has 2 heterocycles. The van der Waals surface area contributed by atoms with E-state index in [2.05, 4.69) is 20.6 Å². The van der Waals surface area contributed by atoms with E-state index in [-0.39, 0.29) is 24.7 Å². The van der Waals surface area contributed by atoms with Crippen LogP contribution in [0, 0.1) is 18.6 Å². The van der Waals surface area contributed by atoms with Gasteiger partial charge in [-0.05, 0) is 56.2 Å². The molecule has 0 spiro atoms. The molecular weight excluding hydrogens is 478 g/mol. The highest BCUT2D eigenvalue weighted by molar-refractivity contribution is 5.95. The quantitative estimate of drug-likeness (QED) is 0.376. The molecule has 0 saturated heterocycles. The van der Waals surface area contributed by atoms with Gasteiger partial charge in [-0.15, -0.1) is 0 Å². The molecule has 10 heteroatoms. The van der Waals surface area contributed by atoms with Crippen molar-refractivity contribution in [1.82, 2.24) is 24.6 Å². The number of carbonyl (C=O) groups excluding carboxylic acids is 1. The van der Waals surface area contributed by atoms with Crippen molar-refractivity contribution in [1.29, 1.82) is 0 Å². The van der Waals surface area contributed by atoms with E-state index >= 15 is 0 Å². The minimum atomic E-state index is -0.993. The molecule has 8 nitrogen and oxygen atoms in total. The topological polar surface area (TPSA) is 93.8 Å². The summed E-state index contributed by atoms with van der Waals surface area (Å²) in [6.07, 6.45) is 5.40. The summed E-state index contributed by atoms with van der Waals surface area (Å²) < 4.78 is 29.7. The van der Waals surface area contributed by atoms with Crippen molar-refractivity contribution in [2.75, 3.05) is 11.9 Å². The summed E-state index contributed by atoms with van der Waals surface area (Å²) in [5.41, 5.74) is 2.11. The monoisotopic (exact) mass is 506 g/mol. The van der Waals surface area contributed by atoms with Crippen LogP contribution in [0.3, 0.4) is 0 Å². The Balaban J connectivity index is 1.42. The Labute approximate surface area is 212 Å². The fraction of sp³-hybridized carbons (Fsp3) is 0.259. The number of hydrogen-bond acceptors (Lipinski definition) is 5. The molecule has 0 saturated carbocycles. The highest BCUT2D eigenvalue weighted by Crippen LogP contribution is 2.16. The Morgan fingerprint density at radius 3 is 2.65 bits per heavy atom. The molecule has 2 aromatic heterocycles. The van der Waals surface area contributed by atoms with Gasteiger partial charge >= 0.3 is 0 Å². The Kier molecular flexibility index (Phi) is 7.47. The third-order valence-electron chi connectivity index (χ3n) is 5.91. The first-order valence-corrected chi connectivity index (χ1v) is 11.8. The molecule has 192 valence electrons.